The third kappa shape index (κ3) is 1.91. The Bertz CT molecular complexity index is 468. The lowest BCUT2D eigenvalue weighted by Gasteiger charge is -2.12. The molecule has 0 saturated carbocycles. The third-order valence-electron chi connectivity index (χ3n) is 2.12. The molecule has 1 aromatic rings. The van der Waals surface area contributed by atoms with Crippen molar-refractivity contribution in [3.8, 4) is 0 Å². The molecule has 0 N–H and O–H groups in total. The smallest absolute Gasteiger partial charge is 0.251 e. The number of aliphatic imine (C=N–C) groups is 1. The molecule has 5 heteroatoms. The van der Waals surface area contributed by atoms with Crippen LogP contribution in [0.25, 0.3) is 0 Å². The van der Waals surface area contributed by atoms with E-state index in [1.165, 1.54) is 0 Å². The molecular weight excluding hydrogens is 207 g/mol. The van der Waals surface area contributed by atoms with Crippen molar-refractivity contribution in [3.05, 3.63) is 35.1 Å². The zero-order valence-corrected chi connectivity index (χ0v) is 7.56. The normalized spacial score (nSPS) is 14.9. The van der Waals surface area contributed by atoms with Crippen molar-refractivity contribution < 1.29 is 18.0 Å². The molecule has 1 aliphatic rings. The lowest BCUT2D eigenvalue weighted by Crippen LogP contribution is -2.20. The Morgan fingerprint density at radius 3 is 2.33 bits per heavy atom. The molecule has 0 aromatic heterocycles. The fraction of sp³-hybridized carbons (Fsp3) is 0.200. The van der Waals surface area contributed by atoms with E-state index in [4.69, 9.17) is 0 Å². The monoisotopic (exact) mass is 213 g/mol. The van der Waals surface area contributed by atoms with Crippen molar-refractivity contribution >= 4 is 11.6 Å². The highest BCUT2D eigenvalue weighted by molar-refractivity contribution is 6.15. The molecule has 0 fully saturated rings. The predicted octanol–water partition coefficient (Wildman–Crippen LogP) is 2.02. The summed E-state index contributed by atoms with van der Waals surface area (Å²) < 4.78 is 38.4. The van der Waals surface area contributed by atoms with Gasteiger partial charge in [0.25, 0.3) is 5.91 Å². The second-order valence-electron chi connectivity index (χ2n) is 3.28. The number of hydrogen-bond acceptors (Lipinski definition) is 1. The lowest BCUT2D eigenvalue weighted by molar-refractivity contribution is -0.118. The number of halogens is 3. The highest BCUT2D eigenvalue weighted by Gasteiger charge is 2.20. The van der Waals surface area contributed by atoms with Crippen molar-refractivity contribution in [2.45, 2.75) is 12.8 Å². The number of hydrogen-bond donors (Lipinski definition) is 0. The van der Waals surface area contributed by atoms with E-state index >= 15 is 0 Å². The molecule has 0 aliphatic carbocycles. The Balaban J connectivity index is 2.25. The second kappa shape index (κ2) is 3.49. The first-order chi connectivity index (χ1) is 7.06. The van der Waals surface area contributed by atoms with Gasteiger partial charge in [-0.1, -0.05) is 0 Å². The van der Waals surface area contributed by atoms with Crippen LogP contribution in [0.3, 0.4) is 0 Å². The molecule has 15 heavy (non-hydrogen) atoms. The quantitative estimate of drug-likeness (QED) is 0.691. The SMILES string of the molecule is O=C1CC(Cc2cc(F)c(F)cc2F)=N1. The van der Waals surface area contributed by atoms with E-state index in [0.717, 1.165) is 6.07 Å². The van der Waals surface area contributed by atoms with Gasteiger partial charge in [-0.2, -0.15) is 0 Å². The third-order valence-corrected chi connectivity index (χ3v) is 2.12. The van der Waals surface area contributed by atoms with E-state index in [-0.39, 0.29) is 24.3 Å². The number of nitrogens with zero attached hydrogens (tertiary/aromatic N) is 1. The molecular formula is C10H6F3NO. The Kier molecular flexibility index (Phi) is 2.30. The molecule has 0 saturated heterocycles. The molecule has 0 bridgehead atoms. The molecule has 0 atom stereocenters. The van der Waals surface area contributed by atoms with Gasteiger partial charge in [0.05, 0.1) is 6.42 Å². The van der Waals surface area contributed by atoms with Gasteiger partial charge in [0.1, 0.15) is 5.82 Å². The lowest BCUT2D eigenvalue weighted by atomic mass is 10.0. The minimum atomic E-state index is -1.22. The van der Waals surface area contributed by atoms with E-state index in [1.807, 2.05) is 0 Å². The molecule has 0 radical (unpaired) electrons. The van der Waals surface area contributed by atoms with Crippen molar-refractivity contribution in [2.24, 2.45) is 4.99 Å². The molecule has 0 spiro atoms. The summed E-state index contributed by atoms with van der Waals surface area (Å²) >= 11 is 0. The van der Waals surface area contributed by atoms with Crippen LogP contribution in [0, 0.1) is 17.5 Å². The number of carbonyl (C=O) groups is 1. The van der Waals surface area contributed by atoms with Crippen LogP contribution < -0.4 is 0 Å². The van der Waals surface area contributed by atoms with E-state index in [2.05, 4.69) is 4.99 Å². The number of benzene rings is 1. The molecule has 1 heterocycles. The van der Waals surface area contributed by atoms with Crippen LogP contribution in [0.5, 0.6) is 0 Å². The van der Waals surface area contributed by atoms with Gasteiger partial charge in [-0.25, -0.2) is 18.2 Å². The Hall–Kier alpha value is -1.65. The maximum atomic E-state index is 13.1. The zero-order valence-electron chi connectivity index (χ0n) is 7.56. The van der Waals surface area contributed by atoms with Crippen LogP contribution in [-0.2, 0) is 11.2 Å². The van der Waals surface area contributed by atoms with E-state index in [1.54, 1.807) is 0 Å². The summed E-state index contributed by atoms with van der Waals surface area (Å²) in [4.78, 5) is 14.0. The Labute approximate surface area is 83.4 Å². The first kappa shape index (κ1) is 9.89. The molecule has 78 valence electrons. The fourth-order valence-electron chi connectivity index (χ4n) is 1.36. The van der Waals surface area contributed by atoms with Gasteiger partial charge in [-0.15, -0.1) is 0 Å². The van der Waals surface area contributed by atoms with Crippen molar-refractivity contribution in [1.29, 1.82) is 0 Å². The van der Waals surface area contributed by atoms with Crippen LogP contribution in [-0.4, -0.2) is 11.6 Å². The average molecular weight is 213 g/mol. The van der Waals surface area contributed by atoms with Crippen molar-refractivity contribution in [3.63, 3.8) is 0 Å². The Morgan fingerprint density at radius 1 is 1.13 bits per heavy atom. The summed E-state index contributed by atoms with van der Waals surface area (Å²) in [5.41, 5.74) is 0.505. The second-order valence-corrected chi connectivity index (χ2v) is 3.28. The molecule has 2 rings (SSSR count). The summed E-state index contributed by atoms with van der Waals surface area (Å²) in [6, 6.07) is 1.28. The number of carbonyl (C=O) groups excluding carboxylic acids is 1. The van der Waals surface area contributed by atoms with Crippen LogP contribution in [0.4, 0.5) is 13.2 Å². The van der Waals surface area contributed by atoms with Crippen molar-refractivity contribution in [2.75, 3.05) is 0 Å². The van der Waals surface area contributed by atoms with Gasteiger partial charge in [-0.3, -0.25) is 4.79 Å². The van der Waals surface area contributed by atoms with Crippen molar-refractivity contribution in [1.82, 2.24) is 0 Å². The molecule has 1 amide bonds. The highest BCUT2D eigenvalue weighted by Crippen LogP contribution is 2.17. The molecule has 0 unspecified atom stereocenters. The van der Waals surface area contributed by atoms with Crippen LogP contribution in [0.15, 0.2) is 17.1 Å². The molecule has 1 aromatic carbocycles. The summed E-state index contributed by atoms with van der Waals surface area (Å²) in [6.07, 6.45) is 0.215. The minimum Gasteiger partial charge on any atom is -0.272 e. The van der Waals surface area contributed by atoms with Crippen LogP contribution in [0.2, 0.25) is 0 Å². The minimum absolute atomic E-state index is 0.0140. The van der Waals surface area contributed by atoms with Gasteiger partial charge >= 0.3 is 0 Å². The van der Waals surface area contributed by atoms with Gasteiger partial charge < -0.3 is 0 Å². The maximum Gasteiger partial charge on any atom is 0.251 e. The van der Waals surface area contributed by atoms with Gasteiger partial charge in [-0.05, 0) is 11.6 Å². The summed E-state index contributed by atoms with van der Waals surface area (Å²) in [5.74, 6) is -3.41. The summed E-state index contributed by atoms with van der Waals surface area (Å²) in [7, 11) is 0. The van der Waals surface area contributed by atoms with Gasteiger partial charge in [0, 0.05) is 18.2 Å². The summed E-state index contributed by atoms with van der Waals surface area (Å²) in [6.45, 7) is 0. The van der Waals surface area contributed by atoms with Gasteiger partial charge in [0.15, 0.2) is 11.6 Å². The fourth-order valence-corrected chi connectivity index (χ4v) is 1.36. The standard InChI is InChI=1S/C10H6F3NO/c11-7-4-9(13)8(12)2-5(7)1-6-3-10(15)14-6/h2,4H,1,3H2. The first-order valence-electron chi connectivity index (χ1n) is 4.29. The predicted molar refractivity (Wildman–Crippen MR) is 47.1 cm³/mol. The maximum absolute atomic E-state index is 13.1. The number of amides is 1. The molecule has 2 nitrogen and oxygen atoms in total. The van der Waals surface area contributed by atoms with E-state index in [9.17, 15) is 18.0 Å². The first-order valence-corrected chi connectivity index (χ1v) is 4.29. The van der Waals surface area contributed by atoms with Crippen LogP contribution >= 0.6 is 0 Å². The van der Waals surface area contributed by atoms with Gasteiger partial charge in [0.2, 0.25) is 0 Å². The summed E-state index contributed by atoms with van der Waals surface area (Å²) in [5, 5.41) is 0. The highest BCUT2D eigenvalue weighted by atomic mass is 19.2. The molecule has 1 aliphatic heterocycles. The topological polar surface area (TPSA) is 29.4 Å². The Morgan fingerprint density at radius 2 is 1.73 bits per heavy atom. The van der Waals surface area contributed by atoms with Crippen LogP contribution in [0.1, 0.15) is 12.0 Å². The number of rotatable bonds is 2. The van der Waals surface area contributed by atoms with E-state index in [0.29, 0.717) is 11.8 Å². The van der Waals surface area contributed by atoms with E-state index < -0.39 is 17.5 Å². The largest absolute Gasteiger partial charge is 0.272 e. The zero-order chi connectivity index (χ0) is 11.0. The average Bonchev–Trinajstić information content (AvgIpc) is 2.11.